The number of carbonyl (C=O) groups is 1. The van der Waals surface area contributed by atoms with E-state index in [4.69, 9.17) is 4.74 Å². The minimum absolute atomic E-state index is 0.00553. The van der Waals surface area contributed by atoms with E-state index in [9.17, 15) is 26.7 Å². The van der Waals surface area contributed by atoms with E-state index in [0.29, 0.717) is 18.8 Å². The van der Waals surface area contributed by atoms with Gasteiger partial charge < -0.3 is 4.74 Å². The molecule has 0 rings (SSSR count). The van der Waals surface area contributed by atoms with Crippen molar-refractivity contribution in [3.63, 3.8) is 0 Å². The van der Waals surface area contributed by atoms with Gasteiger partial charge in [0.1, 0.15) is 5.25 Å². The van der Waals surface area contributed by atoms with E-state index in [0.717, 1.165) is 0 Å². The summed E-state index contributed by atoms with van der Waals surface area (Å²) >= 11 is 1.25. The fourth-order valence-corrected chi connectivity index (χ4v) is 2.83. The van der Waals surface area contributed by atoms with E-state index in [1.165, 1.54) is 11.8 Å². The smallest absolute Gasteiger partial charge is 0.453 e. The molecule has 0 heterocycles. The van der Waals surface area contributed by atoms with Crippen LogP contribution in [0.5, 0.6) is 0 Å². The van der Waals surface area contributed by atoms with Crippen molar-refractivity contribution in [1.29, 1.82) is 0 Å². The Labute approximate surface area is 132 Å². The molecular formula is C14H23F5O2S. The Hall–Kier alpha value is -0.530. The molecule has 0 aromatic heterocycles. The Morgan fingerprint density at radius 2 is 1.73 bits per heavy atom. The summed E-state index contributed by atoms with van der Waals surface area (Å²) in [6, 6.07) is 0. The zero-order chi connectivity index (χ0) is 17.4. The Balaban J connectivity index is 4.13. The molecule has 1 atom stereocenters. The molecule has 0 radical (unpaired) electrons. The predicted octanol–water partition coefficient (Wildman–Crippen LogP) is 5.07. The highest BCUT2D eigenvalue weighted by Gasteiger charge is 2.56. The highest BCUT2D eigenvalue weighted by Crippen LogP contribution is 2.39. The average Bonchev–Trinajstić information content (AvgIpc) is 2.38. The van der Waals surface area contributed by atoms with E-state index in [2.05, 4.69) is 0 Å². The zero-order valence-electron chi connectivity index (χ0n) is 13.0. The third-order valence-corrected chi connectivity index (χ3v) is 4.50. The number of hydrogen-bond acceptors (Lipinski definition) is 3. The normalized spacial score (nSPS) is 14.2. The Morgan fingerprint density at radius 1 is 1.14 bits per heavy atom. The Bertz CT molecular complexity index is 332. The molecule has 0 saturated carbocycles. The number of unbranched alkanes of at least 4 members (excludes halogenated alkanes) is 1. The maximum Gasteiger partial charge on any atom is 0.453 e. The number of rotatable bonds is 10. The first-order valence-corrected chi connectivity index (χ1v) is 8.30. The van der Waals surface area contributed by atoms with Gasteiger partial charge in [-0.25, -0.2) is 0 Å². The molecule has 0 aliphatic rings. The Kier molecular flexibility index (Phi) is 9.34. The number of esters is 1. The van der Waals surface area contributed by atoms with Crippen LogP contribution in [0.25, 0.3) is 0 Å². The van der Waals surface area contributed by atoms with Gasteiger partial charge >= 0.3 is 18.1 Å². The molecule has 0 amide bonds. The molecule has 132 valence electrons. The van der Waals surface area contributed by atoms with Gasteiger partial charge in [0.05, 0.1) is 6.61 Å². The first kappa shape index (κ1) is 21.5. The second-order valence-electron chi connectivity index (χ2n) is 5.36. The maximum absolute atomic E-state index is 12.7. The van der Waals surface area contributed by atoms with Gasteiger partial charge in [-0.15, -0.1) is 11.8 Å². The second-order valence-corrected chi connectivity index (χ2v) is 6.61. The van der Waals surface area contributed by atoms with Crippen molar-refractivity contribution in [2.75, 3.05) is 12.4 Å². The van der Waals surface area contributed by atoms with Crippen LogP contribution in [-0.2, 0) is 9.53 Å². The van der Waals surface area contributed by atoms with Crippen molar-refractivity contribution >= 4 is 17.7 Å². The molecule has 0 saturated heterocycles. The quantitative estimate of drug-likeness (QED) is 0.313. The number of ether oxygens (including phenoxy) is 1. The van der Waals surface area contributed by atoms with Crippen LogP contribution in [0.15, 0.2) is 0 Å². The topological polar surface area (TPSA) is 26.3 Å². The summed E-state index contributed by atoms with van der Waals surface area (Å²) in [6.45, 7) is 5.86. The minimum Gasteiger partial charge on any atom is -0.465 e. The van der Waals surface area contributed by atoms with Gasteiger partial charge in [0.15, 0.2) is 0 Å². The lowest BCUT2D eigenvalue weighted by Crippen LogP contribution is -2.36. The van der Waals surface area contributed by atoms with Crippen LogP contribution >= 0.6 is 11.8 Å². The summed E-state index contributed by atoms with van der Waals surface area (Å²) in [7, 11) is 0. The fourth-order valence-electron chi connectivity index (χ4n) is 1.62. The van der Waals surface area contributed by atoms with Crippen LogP contribution in [0.4, 0.5) is 22.0 Å². The van der Waals surface area contributed by atoms with E-state index in [1.807, 2.05) is 20.8 Å². The van der Waals surface area contributed by atoms with Crippen molar-refractivity contribution in [3.05, 3.63) is 0 Å². The highest BCUT2D eigenvalue weighted by atomic mass is 32.2. The van der Waals surface area contributed by atoms with Crippen LogP contribution < -0.4 is 0 Å². The summed E-state index contributed by atoms with van der Waals surface area (Å²) in [4.78, 5) is 11.8. The summed E-state index contributed by atoms with van der Waals surface area (Å²) in [5, 5.41) is -0.422. The van der Waals surface area contributed by atoms with Gasteiger partial charge in [-0.1, -0.05) is 20.8 Å². The summed E-state index contributed by atoms with van der Waals surface area (Å²) in [5.41, 5.74) is 0. The first-order chi connectivity index (χ1) is 10.0. The number of carbonyl (C=O) groups excluding carboxylic acids is 1. The van der Waals surface area contributed by atoms with E-state index >= 15 is 0 Å². The van der Waals surface area contributed by atoms with Crippen molar-refractivity contribution in [2.45, 2.75) is 63.8 Å². The molecule has 2 nitrogen and oxygen atoms in total. The first-order valence-electron chi connectivity index (χ1n) is 7.25. The van der Waals surface area contributed by atoms with Crippen LogP contribution in [0.3, 0.4) is 0 Å². The summed E-state index contributed by atoms with van der Waals surface area (Å²) < 4.78 is 66.4. The predicted molar refractivity (Wildman–Crippen MR) is 77.2 cm³/mol. The number of halogens is 5. The van der Waals surface area contributed by atoms with Crippen LogP contribution in [0, 0.1) is 5.92 Å². The van der Waals surface area contributed by atoms with Crippen molar-refractivity contribution in [3.8, 4) is 0 Å². The zero-order valence-corrected chi connectivity index (χ0v) is 13.8. The summed E-state index contributed by atoms with van der Waals surface area (Å²) in [6.07, 6.45) is -6.06. The van der Waals surface area contributed by atoms with E-state index in [1.54, 1.807) is 0 Å². The average molecular weight is 350 g/mol. The van der Waals surface area contributed by atoms with Crippen molar-refractivity contribution in [2.24, 2.45) is 5.92 Å². The number of hydrogen-bond donors (Lipinski definition) is 0. The van der Waals surface area contributed by atoms with Gasteiger partial charge in [0.25, 0.3) is 0 Å². The molecule has 0 aliphatic heterocycles. The minimum atomic E-state index is -5.50. The number of thioether (sulfide) groups is 1. The molecule has 0 aromatic carbocycles. The highest BCUT2D eigenvalue weighted by molar-refractivity contribution is 8.00. The third kappa shape index (κ3) is 7.65. The lowest BCUT2D eigenvalue weighted by molar-refractivity contribution is -0.284. The maximum atomic E-state index is 12.7. The molecule has 0 spiro atoms. The third-order valence-electron chi connectivity index (χ3n) is 2.88. The van der Waals surface area contributed by atoms with Gasteiger partial charge in [-0.3, -0.25) is 4.79 Å². The van der Waals surface area contributed by atoms with Crippen molar-refractivity contribution in [1.82, 2.24) is 0 Å². The van der Waals surface area contributed by atoms with E-state index < -0.39 is 23.8 Å². The molecule has 0 aromatic rings. The number of alkyl halides is 5. The largest absolute Gasteiger partial charge is 0.465 e. The molecule has 0 N–H and O–H groups in total. The van der Waals surface area contributed by atoms with Crippen LogP contribution in [-0.4, -0.2) is 35.7 Å². The molecular weight excluding hydrogens is 327 g/mol. The Morgan fingerprint density at radius 3 is 2.18 bits per heavy atom. The molecule has 22 heavy (non-hydrogen) atoms. The SMILES string of the molecule is CCCOC(=O)C(SCCCCC(F)(F)C(F)(F)F)C(C)C. The molecule has 0 aliphatic carbocycles. The second kappa shape index (κ2) is 9.57. The van der Waals surface area contributed by atoms with Crippen molar-refractivity contribution < 1.29 is 31.5 Å². The van der Waals surface area contributed by atoms with Crippen LogP contribution in [0.2, 0.25) is 0 Å². The molecule has 1 unspecified atom stereocenters. The standard InChI is InChI=1S/C14H23F5O2S/c1-4-8-21-12(20)11(10(2)3)22-9-6-5-7-13(15,16)14(17,18)19/h10-11H,4-9H2,1-3H3. The van der Waals surface area contributed by atoms with Gasteiger partial charge in [0, 0.05) is 6.42 Å². The summed E-state index contributed by atoms with van der Waals surface area (Å²) in [5.74, 6) is -4.65. The molecule has 0 fully saturated rings. The van der Waals surface area contributed by atoms with E-state index in [-0.39, 0.29) is 24.7 Å². The van der Waals surface area contributed by atoms with Gasteiger partial charge in [0.2, 0.25) is 0 Å². The fraction of sp³-hybridized carbons (Fsp3) is 0.929. The van der Waals surface area contributed by atoms with Gasteiger partial charge in [-0.05, 0) is 30.9 Å². The monoisotopic (exact) mass is 350 g/mol. The lowest BCUT2D eigenvalue weighted by atomic mass is 10.1. The van der Waals surface area contributed by atoms with Gasteiger partial charge in [-0.2, -0.15) is 22.0 Å². The lowest BCUT2D eigenvalue weighted by Gasteiger charge is -2.20. The molecule has 8 heteroatoms. The van der Waals surface area contributed by atoms with Crippen LogP contribution in [0.1, 0.15) is 46.5 Å². The molecule has 0 bridgehead atoms.